The molecule has 8 nitrogen and oxygen atoms in total. The number of aromatic amines is 1. The molecule has 2 saturated heterocycles. The quantitative estimate of drug-likeness (QED) is 0.341. The monoisotopic (exact) mass is 493 g/mol. The van der Waals surface area contributed by atoms with E-state index in [-0.39, 0.29) is 11.2 Å². The summed E-state index contributed by atoms with van der Waals surface area (Å²) < 4.78 is 0. The van der Waals surface area contributed by atoms with Gasteiger partial charge in [-0.05, 0) is 55.3 Å². The lowest BCUT2D eigenvalue weighted by Crippen LogP contribution is -2.43. The Morgan fingerprint density at radius 1 is 0.892 bits per heavy atom. The van der Waals surface area contributed by atoms with Gasteiger partial charge in [0, 0.05) is 78.7 Å². The molecule has 1 spiro atoms. The number of Topliss-reactive ketones (excluding diaryl/α,β-unsaturated/α-hetero) is 1. The maximum absolute atomic E-state index is 12.8. The lowest BCUT2D eigenvalue weighted by atomic mass is 9.74. The first-order valence-corrected chi connectivity index (χ1v) is 13.2. The SMILES string of the molecule is O=C1CC2(CCNCC2)c2cc(-c3c[nH]c4ncc(Nc5ccnc(N6CCNCC6)c5)cc34)ccc21. The van der Waals surface area contributed by atoms with Crippen LogP contribution >= 0.6 is 0 Å². The Morgan fingerprint density at radius 3 is 2.59 bits per heavy atom. The van der Waals surface area contributed by atoms with Crippen molar-refractivity contribution in [3.8, 4) is 11.1 Å². The van der Waals surface area contributed by atoms with Crippen LogP contribution in [0.1, 0.15) is 35.2 Å². The van der Waals surface area contributed by atoms with Crippen molar-refractivity contribution >= 4 is 34.0 Å². The predicted octanol–water partition coefficient (Wildman–Crippen LogP) is 3.99. The molecule has 4 aromatic rings. The maximum atomic E-state index is 12.8. The Morgan fingerprint density at radius 2 is 1.73 bits per heavy atom. The van der Waals surface area contributed by atoms with Gasteiger partial charge in [-0.2, -0.15) is 0 Å². The van der Waals surface area contributed by atoms with Crippen molar-refractivity contribution < 1.29 is 4.79 Å². The fourth-order valence-corrected chi connectivity index (χ4v) is 6.28. The second-order valence-corrected chi connectivity index (χ2v) is 10.5. The van der Waals surface area contributed by atoms with Crippen LogP contribution in [0.25, 0.3) is 22.2 Å². The number of hydrogen-bond donors (Lipinski definition) is 4. The van der Waals surface area contributed by atoms with Crippen molar-refractivity contribution in [2.75, 3.05) is 49.5 Å². The van der Waals surface area contributed by atoms with E-state index in [4.69, 9.17) is 0 Å². The number of ketones is 1. The minimum atomic E-state index is -0.0196. The molecule has 3 aliphatic rings. The fourth-order valence-electron chi connectivity index (χ4n) is 6.28. The smallest absolute Gasteiger partial charge is 0.164 e. The van der Waals surface area contributed by atoms with Gasteiger partial charge in [0.15, 0.2) is 5.78 Å². The number of carbonyl (C=O) groups is 1. The summed E-state index contributed by atoms with van der Waals surface area (Å²) >= 11 is 0. The van der Waals surface area contributed by atoms with Gasteiger partial charge in [-0.3, -0.25) is 4.79 Å². The summed E-state index contributed by atoms with van der Waals surface area (Å²) in [5, 5.41) is 11.4. The second-order valence-electron chi connectivity index (χ2n) is 10.5. The number of pyridine rings is 2. The van der Waals surface area contributed by atoms with Gasteiger partial charge in [-0.25, -0.2) is 9.97 Å². The molecule has 7 rings (SSSR count). The van der Waals surface area contributed by atoms with E-state index in [0.29, 0.717) is 6.42 Å². The van der Waals surface area contributed by atoms with Crippen LogP contribution in [0, 0.1) is 0 Å². The number of nitrogens with one attached hydrogen (secondary N) is 4. The highest BCUT2D eigenvalue weighted by molar-refractivity contribution is 6.04. The fraction of sp³-hybridized carbons (Fsp3) is 0.345. The average Bonchev–Trinajstić information content (AvgIpc) is 3.48. The molecule has 1 aromatic carbocycles. The van der Waals surface area contributed by atoms with Crippen LogP contribution < -0.4 is 20.9 Å². The first kappa shape index (κ1) is 22.4. The predicted molar refractivity (Wildman–Crippen MR) is 147 cm³/mol. The van der Waals surface area contributed by atoms with Crippen LogP contribution in [-0.2, 0) is 5.41 Å². The van der Waals surface area contributed by atoms with Gasteiger partial charge in [-0.1, -0.05) is 12.1 Å². The van der Waals surface area contributed by atoms with Crippen molar-refractivity contribution in [2.45, 2.75) is 24.7 Å². The molecule has 4 N–H and O–H groups in total. The lowest BCUT2D eigenvalue weighted by Gasteiger charge is -2.34. The van der Waals surface area contributed by atoms with Crippen molar-refractivity contribution in [3.63, 3.8) is 0 Å². The van der Waals surface area contributed by atoms with Crippen LogP contribution in [0.15, 0.2) is 55.0 Å². The molecule has 2 aliphatic heterocycles. The molecular weight excluding hydrogens is 462 g/mol. The molecule has 0 amide bonds. The number of rotatable bonds is 4. The van der Waals surface area contributed by atoms with E-state index >= 15 is 0 Å². The summed E-state index contributed by atoms with van der Waals surface area (Å²) in [6, 6.07) is 12.6. The van der Waals surface area contributed by atoms with Crippen molar-refractivity contribution in [1.82, 2.24) is 25.6 Å². The highest BCUT2D eigenvalue weighted by atomic mass is 16.1. The number of carbonyl (C=O) groups excluding carboxylic acids is 1. The third kappa shape index (κ3) is 3.97. The first-order chi connectivity index (χ1) is 18.2. The number of hydrogen-bond acceptors (Lipinski definition) is 7. The molecule has 1 aliphatic carbocycles. The summed E-state index contributed by atoms with van der Waals surface area (Å²) in [6.07, 6.45) is 8.42. The van der Waals surface area contributed by atoms with Crippen molar-refractivity contribution in [1.29, 1.82) is 0 Å². The number of nitrogens with zero attached hydrogens (tertiary/aromatic N) is 3. The standard InChI is InChI=1S/C29H31N7O/c37-26-16-29(4-7-30-8-5-29)25-13-19(1-2-22(25)26)24-18-34-28-23(24)14-21(17-33-28)35-20-3-6-32-27(15-20)36-11-9-31-10-12-36/h1-3,6,13-15,17-18,30-31H,4-5,7-12,16H2,(H,32,35)(H,33,34). The zero-order valence-electron chi connectivity index (χ0n) is 20.8. The summed E-state index contributed by atoms with van der Waals surface area (Å²) in [6.45, 7) is 5.81. The normalized spacial score (nSPS) is 18.9. The lowest BCUT2D eigenvalue weighted by molar-refractivity contribution is 0.0964. The third-order valence-electron chi connectivity index (χ3n) is 8.27. The van der Waals surface area contributed by atoms with E-state index < -0.39 is 0 Å². The summed E-state index contributed by atoms with van der Waals surface area (Å²) in [5.41, 5.74) is 7.12. The van der Waals surface area contributed by atoms with E-state index in [1.165, 1.54) is 5.56 Å². The van der Waals surface area contributed by atoms with Crippen molar-refractivity contribution in [2.24, 2.45) is 0 Å². The zero-order valence-corrected chi connectivity index (χ0v) is 20.8. The molecule has 0 unspecified atom stereocenters. The Balaban J connectivity index is 1.21. The van der Waals surface area contributed by atoms with Crippen LogP contribution in [0.2, 0.25) is 0 Å². The summed E-state index contributed by atoms with van der Waals surface area (Å²) in [7, 11) is 0. The van der Waals surface area contributed by atoms with Gasteiger partial charge in [0.2, 0.25) is 0 Å². The third-order valence-corrected chi connectivity index (χ3v) is 8.27. The Labute approximate surface area is 215 Å². The van der Waals surface area contributed by atoms with E-state index in [1.54, 1.807) is 0 Å². The van der Waals surface area contributed by atoms with Crippen LogP contribution in [0.5, 0.6) is 0 Å². The molecule has 0 atom stereocenters. The molecule has 3 aromatic heterocycles. The van der Waals surface area contributed by atoms with Gasteiger partial charge >= 0.3 is 0 Å². The largest absolute Gasteiger partial charge is 0.354 e. The highest BCUT2D eigenvalue weighted by Gasteiger charge is 2.43. The highest BCUT2D eigenvalue weighted by Crippen LogP contribution is 2.46. The van der Waals surface area contributed by atoms with Gasteiger partial charge < -0.3 is 25.8 Å². The summed E-state index contributed by atoms with van der Waals surface area (Å²) in [4.78, 5) is 27.8. The number of anilines is 3. The van der Waals surface area contributed by atoms with Gasteiger partial charge in [0.25, 0.3) is 0 Å². The molecule has 188 valence electrons. The number of aromatic nitrogens is 3. The van der Waals surface area contributed by atoms with Gasteiger partial charge in [-0.15, -0.1) is 0 Å². The maximum Gasteiger partial charge on any atom is 0.164 e. The molecule has 0 saturated carbocycles. The molecule has 8 heteroatoms. The Hall–Kier alpha value is -3.75. The van der Waals surface area contributed by atoms with Gasteiger partial charge in [0.1, 0.15) is 11.5 Å². The average molecular weight is 494 g/mol. The first-order valence-electron chi connectivity index (χ1n) is 13.2. The van der Waals surface area contributed by atoms with E-state index in [9.17, 15) is 4.79 Å². The molecule has 0 bridgehead atoms. The molecule has 37 heavy (non-hydrogen) atoms. The Bertz CT molecular complexity index is 1480. The minimum absolute atomic E-state index is 0.0196. The van der Waals surface area contributed by atoms with E-state index in [1.807, 2.05) is 30.7 Å². The Kier molecular flexibility index (Phi) is 5.44. The number of piperazine rings is 1. The van der Waals surface area contributed by atoms with Crippen molar-refractivity contribution in [3.05, 3.63) is 66.1 Å². The van der Waals surface area contributed by atoms with Crippen LogP contribution in [0.3, 0.4) is 0 Å². The number of fused-ring (bicyclic) bond motifs is 3. The van der Waals surface area contributed by atoms with E-state index in [2.05, 4.69) is 60.1 Å². The molecule has 0 radical (unpaired) electrons. The van der Waals surface area contributed by atoms with E-state index in [0.717, 1.165) is 97.0 Å². The molecular formula is C29H31N7O. The molecule has 2 fully saturated rings. The van der Waals surface area contributed by atoms with Gasteiger partial charge in [0.05, 0.1) is 11.9 Å². The topological polar surface area (TPSA) is 98.0 Å². The minimum Gasteiger partial charge on any atom is -0.354 e. The number of H-pyrrole nitrogens is 1. The number of benzene rings is 1. The van der Waals surface area contributed by atoms with Crippen LogP contribution in [0.4, 0.5) is 17.2 Å². The number of piperidine rings is 1. The summed E-state index contributed by atoms with van der Waals surface area (Å²) in [5.74, 6) is 1.27. The second kappa shape index (κ2) is 8.97. The van der Waals surface area contributed by atoms with Crippen LogP contribution in [-0.4, -0.2) is 60.0 Å². The molecule has 5 heterocycles. The zero-order chi connectivity index (χ0) is 24.8.